The number of nitrogens with zero attached hydrogens (tertiary/aromatic N) is 2. The van der Waals surface area contributed by atoms with E-state index < -0.39 is 17.7 Å². The molecule has 8 heteroatoms. The zero-order valence-electron chi connectivity index (χ0n) is 25.2. The number of ether oxygens (including phenoxy) is 2. The molecule has 0 aromatic heterocycles. The van der Waals surface area contributed by atoms with Crippen molar-refractivity contribution in [1.82, 2.24) is 15.1 Å². The van der Waals surface area contributed by atoms with E-state index in [2.05, 4.69) is 5.32 Å². The van der Waals surface area contributed by atoms with Crippen LogP contribution in [0.3, 0.4) is 0 Å². The van der Waals surface area contributed by atoms with Crippen LogP contribution in [0.1, 0.15) is 99.0 Å². The fraction of sp³-hybridized carbons (Fsp3) is 0.710. The molecule has 1 aromatic carbocycles. The molecule has 8 nitrogen and oxygen atoms in total. The first kappa shape index (κ1) is 32.4. The van der Waals surface area contributed by atoms with Crippen molar-refractivity contribution in [1.29, 1.82) is 0 Å². The second-order valence-electron chi connectivity index (χ2n) is 11.0. The highest BCUT2D eigenvalue weighted by Gasteiger charge is 2.49. The monoisotopic (exact) mass is 545 g/mol. The molecule has 0 spiro atoms. The molecule has 3 amide bonds. The predicted molar refractivity (Wildman–Crippen MR) is 154 cm³/mol. The van der Waals surface area contributed by atoms with Crippen LogP contribution in [0.2, 0.25) is 0 Å². The van der Waals surface area contributed by atoms with Crippen LogP contribution in [0.5, 0.6) is 0 Å². The molecule has 3 aliphatic rings. The lowest BCUT2D eigenvalue weighted by Gasteiger charge is -2.35. The average molecular weight is 546 g/mol. The minimum absolute atomic E-state index is 0.0432. The van der Waals surface area contributed by atoms with Crippen LogP contribution < -0.4 is 5.32 Å². The standard InChI is InChI=1S/C27H39N3O5.2C2H6/c1-27(2,3)35-25(32)28-23(20-12-8-5-9-13-20)24(31)29-16-14-22-21(29)15-17-30(22)26(33)34-18-19-10-6-4-7-11-19;2*1-2/h4,6-7,10-11,20-23H,5,8-9,12-18H2,1-3H3,(H,28,32);2*1-2H3. The summed E-state index contributed by atoms with van der Waals surface area (Å²) >= 11 is 0. The zero-order chi connectivity index (χ0) is 29.0. The number of hydrogen-bond donors (Lipinski definition) is 1. The maximum absolute atomic E-state index is 13.8. The molecule has 0 bridgehead atoms. The number of benzene rings is 1. The van der Waals surface area contributed by atoms with Crippen molar-refractivity contribution in [3.63, 3.8) is 0 Å². The highest BCUT2D eigenvalue weighted by molar-refractivity contribution is 5.87. The Morgan fingerprint density at radius 1 is 0.872 bits per heavy atom. The van der Waals surface area contributed by atoms with Crippen LogP contribution in [-0.4, -0.2) is 64.7 Å². The van der Waals surface area contributed by atoms with E-state index in [1.165, 1.54) is 0 Å². The average Bonchev–Trinajstić information content (AvgIpc) is 3.55. The zero-order valence-corrected chi connectivity index (χ0v) is 25.2. The minimum Gasteiger partial charge on any atom is -0.445 e. The van der Waals surface area contributed by atoms with Gasteiger partial charge in [0.15, 0.2) is 0 Å². The number of rotatable bonds is 5. The van der Waals surface area contributed by atoms with E-state index >= 15 is 0 Å². The molecule has 39 heavy (non-hydrogen) atoms. The van der Waals surface area contributed by atoms with E-state index in [9.17, 15) is 14.4 Å². The molecule has 3 atom stereocenters. The summed E-state index contributed by atoms with van der Waals surface area (Å²) in [4.78, 5) is 42.9. The lowest BCUT2D eigenvalue weighted by atomic mass is 9.83. The molecule has 1 aliphatic carbocycles. The van der Waals surface area contributed by atoms with Gasteiger partial charge in [0.2, 0.25) is 5.91 Å². The second kappa shape index (κ2) is 15.7. The van der Waals surface area contributed by atoms with E-state index in [1.54, 1.807) is 4.90 Å². The van der Waals surface area contributed by atoms with E-state index in [0.29, 0.717) is 13.1 Å². The Kier molecular flexibility index (Phi) is 13.1. The summed E-state index contributed by atoms with van der Waals surface area (Å²) in [6.07, 6.45) is 5.72. The lowest BCUT2D eigenvalue weighted by Crippen LogP contribution is -2.55. The number of amides is 3. The molecule has 2 saturated heterocycles. The third-order valence-corrected chi connectivity index (χ3v) is 7.36. The molecule has 1 aromatic rings. The van der Waals surface area contributed by atoms with Gasteiger partial charge in [-0.1, -0.05) is 77.3 Å². The maximum atomic E-state index is 13.8. The number of alkyl carbamates (subject to hydrolysis) is 1. The number of carbonyl (C=O) groups excluding carboxylic acids is 3. The van der Waals surface area contributed by atoms with E-state index in [1.807, 2.05) is 83.7 Å². The van der Waals surface area contributed by atoms with Crippen molar-refractivity contribution in [2.75, 3.05) is 13.1 Å². The van der Waals surface area contributed by atoms with Gasteiger partial charge in [0, 0.05) is 13.1 Å². The highest BCUT2D eigenvalue weighted by Crippen LogP contribution is 2.35. The molecular weight excluding hydrogens is 494 g/mol. The molecule has 2 heterocycles. The fourth-order valence-electron chi connectivity index (χ4n) is 5.75. The molecule has 220 valence electrons. The Morgan fingerprint density at radius 3 is 2.03 bits per heavy atom. The Balaban J connectivity index is 0.00000127. The summed E-state index contributed by atoms with van der Waals surface area (Å²) < 4.78 is 11.0. The van der Waals surface area contributed by atoms with Crippen LogP contribution in [0.25, 0.3) is 0 Å². The minimum atomic E-state index is -0.630. The van der Waals surface area contributed by atoms with Gasteiger partial charge in [0.1, 0.15) is 18.2 Å². The Bertz CT molecular complexity index is 895. The smallest absolute Gasteiger partial charge is 0.410 e. The second-order valence-corrected chi connectivity index (χ2v) is 11.0. The maximum Gasteiger partial charge on any atom is 0.410 e. The molecule has 1 N–H and O–H groups in total. The summed E-state index contributed by atoms with van der Waals surface area (Å²) in [5, 5.41) is 2.91. The molecular formula is C31H51N3O5. The van der Waals surface area contributed by atoms with Gasteiger partial charge in [0.05, 0.1) is 12.1 Å². The van der Waals surface area contributed by atoms with Crippen LogP contribution in [0.15, 0.2) is 30.3 Å². The van der Waals surface area contributed by atoms with Crippen LogP contribution in [0.4, 0.5) is 9.59 Å². The van der Waals surface area contributed by atoms with Gasteiger partial charge in [-0.05, 0) is 57.9 Å². The molecule has 1 saturated carbocycles. The SMILES string of the molecule is CC.CC.CC(C)(C)OC(=O)NC(C(=O)N1CCC2C1CCN2C(=O)OCc1ccccc1)C1CCCCC1. The van der Waals surface area contributed by atoms with E-state index in [0.717, 1.165) is 50.5 Å². The van der Waals surface area contributed by atoms with Crippen molar-refractivity contribution in [3.8, 4) is 0 Å². The first-order valence-electron chi connectivity index (χ1n) is 15.0. The third kappa shape index (κ3) is 9.14. The van der Waals surface area contributed by atoms with Gasteiger partial charge < -0.3 is 24.6 Å². The molecule has 2 aliphatic heterocycles. The largest absolute Gasteiger partial charge is 0.445 e. The number of nitrogens with one attached hydrogen (secondary N) is 1. The van der Waals surface area contributed by atoms with Crippen molar-refractivity contribution >= 4 is 18.1 Å². The number of likely N-dealkylation sites (tertiary alicyclic amines) is 2. The molecule has 0 radical (unpaired) electrons. The van der Waals surface area contributed by atoms with E-state index in [4.69, 9.17) is 9.47 Å². The van der Waals surface area contributed by atoms with Crippen molar-refractivity contribution < 1.29 is 23.9 Å². The molecule has 4 rings (SSSR count). The molecule has 3 unspecified atom stereocenters. The van der Waals surface area contributed by atoms with Gasteiger partial charge in [0.25, 0.3) is 0 Å². The van der Waals surface area contributed by atoms with E-state index in [-0.39, 0.29) is 36.6 Å². The van der Waals surface area contributed by atoms with Crippen LogP contribution in [0, 0.1) is 5.92 Å². The highest BCUT2D eigenvalue weighted by atomic mass is 16.6. The Labute approximate surface area is 235 Å². The Morgan fingerprint density at radius 2 is 1.44 bits per heavy atom. The van der Waals surface area contributed by atoms with Gasteiger partial charge >= 0.3 is 12.2 Å². The van der Waals surface area contributed by atoms with Crippen molar-refractivity contribution in [2.24, 2.45) is 5.92 Å². The predicted octanol–water partition coefficient (Wildman–Crippen LogP) is 6.52. The summed E-state index contributed by atoms with van der Waals surface area (Å²) in [5.74, 6) is 0.0610. The number of carbonyl (C=O) groups is 3. The fourth-order valence-corrected chi connectivity index (χ4v) is 5.75. The normalized spacial score (nSPS) is 21.4. The summed E-state index contributed by atoms with van der Waals surface area (Å²) in [6, 6.07) is 8.95. The Hall–Kier alpha value is -2.77. The number of hydrogen-bond acceptors (Lipinski definition) is 5. The van der Waals surface area contributed by atoms with Crippen LogP contribution >= 0.6 is 0 Å². The third-order valence-electron chi connectivity index (χ3n) is 7.36. The lowest BCUT2D eigenvalue weighted by molar-refractivity contribution is -0.136. The topological polar surface area (TPSA) is 88.2 Å². The van der Waals surface area contributed by atoms with Gasteiger partial charge in [-0.2, -0.15) is 0 Å². The van der Waals surface area contributed by atoms with Gasteiger partial charge in [-0.25, -0.2) is 9.59 Å². The van der Waals surface area contributed by atoms with Crippen molar-refractivity contribution in [2.45, 2.75) is 124 Å². The quantitative estimate of drug-likeness (QED) is 0.455. The summed E-state index contributed by atoms with van der Waals surface area (Å²) in [5.41, 5.74) is 0.318. The van der Waals surface area contributed by atoms with Gasteiger partial charge in [-0.3, -0.25) is 4.79 Å². The first-order chi connectivity index (χ1) is 18.7. The summed E-state index contributed by atoms with van der Waals surface area (Å²) in [6.45, 7) is 14.8. The number of fused-ring (bicyclic) bond motifs is 1. The van der Waals surface area contributed by atoms with Crippen molar-refractivity contribution in [3.05, 3.63) is 35.9 Å². The van der Waals surface area contributed by atoms with Gasteiger partial charge in [-0.15, -0.1) is 0 Å². The first-order valence-corrected chi connectivity index (χ1v) is 15.0. The summed E-state index contributed by atoms with van der Waals surface area (Å²) in [7, 11) is 0. The molecule has 3 fully saturated rings. The van der Waals surface area contributed by atoms with Crippen LogP contribution in [-0.2, 0) is 20.9 Å².